The van der Waals surface area contributed by atoms with Crippen LogP contribution in [-0.2, 0) is 6.42 Å². The van der Waals surface area contributed by atoms with E-state index in [0.717, 1.165) is 22.8 Å². The van der Waals surface area contributed by atoms with E-state index in [4.69, 9.17) is 5.11 Å². The Morgan fingerprint density at radius 2 is 2.14 bits per heavy atom. The minimum Gasteiger partial charge on any atom is -0.478 e. The predicted molar refractivity (Wildman–Crippen MR) is 84.3 cm³/mol. The zero-order valence-electron chi connectivity index (χ0n) is 12.4. The Morgan fingerprint density at radius 1 is 1.38 bits per heavy atom. The Morgan fingerprint density at radius 3 is 2.71 bits per heavy atom. The fourth-order valence-electron chi connectivity index (χ4n) is 1.90. The van der Waals surface area contributed by atoms with Crippen LogP contribution in [0.2, 0.25) is 0 Å². The van der Waals surface area contributed by atoms with Crippen molar-refractivity contribution in [1.29, 1.82) is 0 Å². The number of thiazole rings is 1. The van der Waals surface area contributed by atoms with E-state index in [1.807, 2.05) is 26.2 Å². The quantitative estimate of drug-likeness (QED) is 0.856. The van der Waals surface area contributed by atoms with Gasteiger partial charge >= 0.3 is 5.97 Å². The molecule has 0 saturated heterocycles. The van der Waals surface area contributed by atoms with Crippen LogP contribution in [-0.4, -0.2) is 27.6 Å². The van der Waals surface area contributed by atoms with Crippen molar-refractivity contribution in [3.8, 4) is 0 Å². The van der Waals surface area contributed by atoms with E-state index in [1.54, 1.807) is 23.5 Å². The van der Waals surface area contributed by atoms with Crippen molar-refractivity contribution in [2.24, 2.45) is 0 Å². The number of hydrogen-bond donors (Lipinski definition) is 2. The first kappa shape index (κ1) is 15.4. The molecule has 112 valence electrons. The highest BCUT2D eigenvalue weighted by atomic mass is 32.1. The molecule has 6 heteroatoms. The van der Waals surface area contributed by atoms with Gasteiger partial charge in [0.2, 0.25) is 0 Å². The fourth-order valence-corrected chi connectivity index (χ4v) is 2.55. The van der Waals surface area contributed by atoms with E-state index < -0.39 is 5.97 Å². The predicted octanol–water partition coefficient (Wildman–Crippen LogP) is 3.32. The van der Waals surface area contributed by atoms with Crippen molar-refractivity contribution in [2.75, 3.05) is 11.9 Å². The summed E-state index contributed by atoms with van der Waals surface area (Å²) in [6, 6.07) is 3.20. The van der Waals surface area contributed by atoms with Gasteiger partial charge in [-0.3, -0.25) is 0 Å². The maximum Gasteiger partial charge on any atom is 0.335 e. The largest absolute Gasteiger partial charge is 0.478 e. The molecule has 2 heterocycles. The number of aromatic carboxylic acids is 1. The van der Waals surface area contributed by atoms with Crippen molar-refractivity contribution in [1.82, 2.24) is 9.97 Å². The van der Waals surface area contributed by atoms with Crippen molar-refractivity contribution < 1.29 is 9.90 Å². The summed E-state index contributed by atoms with van der Waals surface area (Å²) in [5.74, 6) is -0.144. The average Bonchev–Trinajstić information content (AvgIpc) is 2.84. The first-order chi connectivity index (χ1) is 9.95. The number of carboxylic acids is 1. The summed E-state index contributed by atoms with van der Waals surface area (Å²) in [7, 11) is 0. The van der Waals surface area contributed by atoms with Gasteiger partial charge in [-0.15, -0.1) is 11.3 Å². The van der Waals surface area contributed by atoms with Gasteiger partial charge in [0, 0.05) is 24.0 Å². The van der Waals surface area contributed by atoms with Crippen molar-refractivity contribution >= 4 is 23.1 Å². The monoisotopic (exact) mass is 305 g/mol. The molecular weight excluding hydrogens is 286 g/mol. The summed E-state index contributed by atoms with van der Waals surface area (Å²) >= 11 is 1.63. The van der Waals surface area contributed by atoms with Crippen molar-refractivity contribution in [3.63, 3.8) is 0 Å². The summed E-state index contributed by atoms with van der Waals surface area (Å²) < 4.78 is 0. The molecule has 21 heavy (non-hydrogen) atoms. The molecule has 2 N–H and O–H groups in total. The zero-order chi connectivity index (χ0) is 15.4. The molecule has 0 aliphatic heterocycles. The molecule has 0 aliphatic carbocycles. The van der Waals surface area contributed by atoms with Crippen molar-refractivity contribution in [2.45, 2.75) is 33.1 Å². The van der Waals surface area contributed by atoms with Crippen LogP contribution in [0.15, 0.2) is 17.5 Å². The first-order valence-electron chi connectivity index (χ1n) is 6.86. The Balaban J connectivity index is 2.06. The van der Waals surface area contributed by atoms with Crippen LogP contribution in [0.25, 0.3) is 0 Å². The third-order valence-corrected chi connectivity index (χ3v) is 3.86. The third-order valence-electron chi connectivity index (χ3n) is 3.04. The lowest BCUT2D eigenvalue weighted by Gasteiger charge is -2.10. The number of nitrogens with zero attached hydrogens (tertiary/aromatic N) is 2. The number of carbonyl (C=O) groups is 1. The van der Waals surface area contributed by atoms with Crippen LogP contribution >= 0.6 is 11.3 Å². The molecule has 0 bridgehead atoms. The smallest absolute Gasteiger partial charge is 0.335 e. The lowest BCUT2D eigenvalue weighted by molar-refractivity contribution is 0.0696. The maximum atomic E-state index is 11.2. The van der Waals surface area contributed by atoms with E-state index in [-0.39, 0.29) is 11.5 Å². The van der Waals surface area contributed by atoms with Gasteiger partial charge in [-0.2, -0.15) is 0 Å². The number of aryl methyl sites for hydroxylation is 1. The first-order valence-corrected chi connectivity index (χ1v) is 7.74. The van der Waals surface area contributed by atoms with Gasteiger partial charge in [-0.25, -0.2) is 14.8 Å². The van der Waals surface area contributed by atoms with E-state index in [2.05, 4.69) is 15.3 Å². The zero-order valence-corrected chi connectivity index (χ0v) is 13.2. The van der Waals surface area contributed by atoms with Crippen LogP contribution in [0, 0.1) is 6.92 Å². The lowest BCUT2D eigenvalue weighted by Crippen LogP contribution is -2.10. The molecule has 2 rings (SSSR count). The number of aromatic nitrogens is 2. The average molecular weight is 305 g/mol. The number of pyridine rings is 1. The lowest BCUT2D eigenvalue weighted by atomic mass is 10.1. The molecular formula is C15H19N3O2S. The number of anilines is 1. The highest BCUT2D eigenvalue weighted by molar-refractivity contribution is 7.09. The summed E-state index contributed by atoms with van der Waals surface area (Å²) in [4.78, 5) is 20.0. The molecule has 0 atom stereocenters. The minimum atomic E-state index is -0.933. The Labute approximate surface area is 128 Å². The highest BCUT2D eigenvalue weighted by Crippen LogP contribution is 2.18. The van der Waals surface area contributed by atoms with Crippen LogP contribution in [0.5, 0.6) is 0 Å². The third kappa shape index (κ3) is 4.26. The second-order valence-electron chi connectivity index (χ2n) is 5.16. The molecule has 2 aromatic rings. The van der Waals surface area contributed by atoms with Crippen molar-refractivity contribution in [3.05, 3.63) is 39.5 Å². The highest BCUT2D eigenvalue weighted by Gasteiger charge is 2.10. The van der Waals surface area contributed by atoms with Gasteiger partial charge in [0.05, 0.1) is 16.3 Å². The molecule has 0 aliphatic rings. The van der Waals surface area contributed by atoms with Gasteiger partial charge in [0.25, 0.3) is 0 Å². The summed E-state index contributed by atoms with van der Waals surface area (Å²) in [5.41, 5.74) is 2.09. The second kappa shape index (κ2) is 6.67. The number of nitrogens with one attached hydrogen (secondary N) is 1. The number of hydrogen-bond acceptors (Lipinski definition) is 5. The Hall–Kier alpha value is -1.95. The van der Waals surface area contributed by atoms with E-state index in [0.29, 0.717) is 12.4 Å². The summed E-state index contributed by atoms with van der Waals surface area (Å²) in [5, 5.41) is 15.4. The van der Waals surface area contributed by atoms with E-state index in [1.165, 1.54) is 0 Å². The van der Waals surface area contributed by atoms with Gasteiger partial charge in [0.1, 0.15) is 5.82 Å². The molecule has 0 aromatic carbocycles. The molecule has 0 radical (unpaired) electrons. The topological polar surface area (TPSA) is 75.1 Å². The van der Waals surface area contributed by atoms with Gasteiger partial charge < -0.3 is 10.4 Å². The number of rotatable bonds is 6. The molecule has 0 spiro atoms. The molecule has 0 saturated carbocycles. The molecule has 5 nitrogen and oxygen atoms in total. The Bertz CT molecular complexity index is 638. The van der Waals surface area contributed by atoms with Crippen LogP contribution < -0.4 is 5.32 Å². The van der Waals surface area contributed by atoms with Gasteiger partial charge in [0.15, 0.2) is 0 Å². The molecule has 2 aromatic heterocycles. The molecule has 0 unspecified atom stereocenters. The maximum absolute atomic E-state index is 11.2. The number of carboxylic acid groups (broad SMARTS) is 1. The van der Waals surface area contributed by atoms with Crippen LogP contribution in [0.4, 0.5) is 5.82 Å². The summed E-state index contributed by atoms with van der Waals surface area (Å²) in [6.07, 6.45) is 0.792. The van der Waals surface area contributed by atoms with E-state index in [9.17, 15) is 4.79 Å². The Kier molecular flexibility index (Phi) is 4.90. The van der Waals surface area contributed by atoms with E-state index >= 15 is 0 Å². The van der Waals surface area contributed by atoms with Gasteiger partial charge in [-0.1, -0.05) is 13.8 Å². The normalized spacial score (nSPS) is 10.9. The minimum absolute atomic E-state index is 0.186. The summed E-state index contributed by atoms with van der Waals surface area (Å²) in [6.45, 7) is 6.65. The fraction of sp³-hybridized carbons (Fsp3) is 0.400. The second-order valence-corrected chi connectivity index (χ2v) is 6.22. The van der Waals surface area contributed by atoms with Crippen LogP contribution in [0.3, 0.4) is 0 Å². The molecule has 0 amide bonds. The molecule has 0 fully saturated rings. The standard InChI is InChI=1S/C15H19N3O2S/c1-9(2)13-6-11(15(19)20)7-14(18-13)16-5-4-12-8-21-10(3)17-12/h6-9H,4-5H2,1-3H3,(H,16,18)(H,19,20). The van der Waals surface area contributed by atoms with Crippen LogP contribution in [0.1, 0.15) is 46.5 Å². The van der Waals surface area contributed by atoms with Gasteiger partial charge in [-0.05, 0) is 25.0 Å². The SMILES string of the molecule is Cc1nc(CCNc2cc(C(=O)O)cc(C(C)C)n2)cs1.